The molecule has 0 fully saturated rings. The van der Waals surface area contributed by atoms with Crippen molar-refractivity contribution in [1.29, 1.82) is 0 Å². The number of aliphatic hydroxyl groups is 1. The van der Waals surface area contributed by atoms with Gasteiger partial charge in [-0.2, -0.15) is 0 Å². The number of aryl methyl sites for hydroxylation is 1. The largest absolute Gasteiger partial charge is 0.472 e. The molecule has 0 aliphatic heterocycles. The Kier molecular flexibility index (Phi) is 23.2. The Labute approximate surface area is 323 Å². The van der Waals surface area contributed by atoms with E-state index in [4.69, 9.17) is 19.5 Å². The molecular formula is C36H61N6O12P. The highest BCUT2D eigenvalue weighted by Crippen LogP contribution is 2.45. The molecule has 0 heterocycles. The first-order valence-corrected chi connectivity index (χ1v) is 20.0. The number of ether oxygens (including phenoxy) is 1. The van der Waals surface area contributed by atoms with Crippen LogP contribution >= 0.6 is 7.82 Å². The molecule has 1 unspecified atom stereocenters. The maximum atomic E-state index is 13.1. The van der Waals surface area contributed by atoms with Crippen LogP contribution < -0.4 is 27.0 Å². The number of nitrogens with two attached hydrogens (primary N) is 1. The predicted octanol–water partition coefficient (Wildman–Crippen LogP) is 0.679. The van der Waals surface area contributed by atoms with Gasteiger partial charge in [0.05, 0.1) is 51.5 Å². The van der Waals surface area contributed by atoms with Crippen molar-refractivity contribution in [3.05, 3.63) is 35.9 Å². The van der Waals surface area contributed by atoms with E-state index in [0.717, 1.165) is 12.0 Å². The van der Waals surface area contributed by atoms with Gasteiger partial charge in [0.25, 0.3) is 0 Å². The molecule has 19 heteroatoms. The Morgan fingerprint density at radius 3 is 2.13 bits per heavy atom. The van der Waals surface area contributed by atoms with Crippen LogP contribution in [-0.2, 0) is 53.5 Å². The predicted molar refractivity (Wildman–Crippen MR) is 203 cm³/mol. The lowest BCUT2D eigenvalue weighted by Gasteiger charge is -2.26. The molecule has 0 aliphatic carbocycles. The lowest BCUT2D eigenvalue weighted by Crippen LogP contribution is -2.58. The molecule has 55 heavy (non-hydrogen) atoms. The third-order valence-electron chi connectivity index (χ3n) is 7.89. The second-order valence-corrected chi connectivity index (χ2v) is 15.1. The number of hydrogen-bond donors (Lipinski definition) is 7. The van der Waals surface area contributed by atoms with Gasteiger partial charge in [0, 0.05) is 6.54 Å². The zero-order chi connectivity index (χ0) is 41.6. The van der Waals surface area contributed by atoms with Crippen LogP contribution in [0.15, 0.2) is 30.3 Å². The molecule has 1 aromatic rings. The summed E-state index contributed by atoms with van der Waals surface area (Å²) < 4.78 is 28.0. The Morgan fingerprint density at radius 1 is 0.891 bits per heavy atom. The van der Waals surface area contributed by atoms with Crippen molar-refractivity contribution >= 4 is 43.3 Å². The Hall–Kier alpha value is -3.93. The van der Waals surface area contributed by atoms with Gasteiger partial charge >= 0.3 is 7.82 Å². The highest BCUT2D eigenvalue weighted by atomic mass is 31.2. The molecule has 0 aliphatic rings. The summed E-state index contributed by atoms with van der Waals surface area (Å²) in [5, 5.41) is 19.3. The van der Waals surface area contributed by atoms with E-state index in [0.29, 0.717) is 25.8 Å². The molecule has 0 saturated heterocycles. The first-order valence-electron chi connectivity index (χ1n) is 18.5. The van der Waals surface area contributed by atoms with Crippen LogP contribution in [0.5, 0.6) is 0 Å². The first-order chi connectivity index (χ1) is 25.9. The maximum absolute atomic E-state index is 13.1. The smallest absolute Gasteiger partial charge is 0.394 e. The molecule has 312 valence electrons. The maximum Gasteiger partial charge on any atom is 0.472 e. The number of carbonyl (C=O) groups excluding carboxylic acids is 6. The molecule has 0 bridgehead atoms. The molecule has 0 saturated carbocycles. The molecule has 0 radical (unpaired) electrons. The highest BCUT2D eigenvalue weighted by Gasteiger charge is 2.35. The number of nitrogens with zero attached hydrogens (tertiary/aromatic N) is 1. The van der Waals surface area contributed by atoms with E-state index in [-0.39, 0.29) is 50.5 Å². The van der Waals surface area contributed by atoms with Crippen molar-refractivity contribution in [1.82, 2.24) is 26.2 Å². The van der Waals surface area contributed by atoms with Crippen LogP contribution in [0.25, 0.3) is 0 Å². The standard InChI is InChI=1S/C36H61N6O12P/c1-7-17-42(32(46)16-19-52-25(4)5)22-31(45)39-28(20-24(2)3)35(48)38-21-30(44)40-29(23-43)36(49)41-33(34(37)47)26(6)54-55(50,51)53-18-12-11-15-27-13-9-8-10-14-27/h8-10,13-14,24-26,28-29,33,43H,7,11-12,15-23H2,1-6H3,(H2,37,47)(H,38,48)(H,39,45)(H,40,44)(H,41,49)(H,50,51)/t26-,28+,29+,33+/m1/s1. The topological polar surface area (TPSA) is 265 Å². The molecule has 1 rings (SSSR count). The monoisotopic (exact) mass is 800 g/mol. The molecule has 5 atom stereocenters. The van der Waals surface area contributed by atoms with Crippen LogP contribution in [0.1, 0.15) is 79.2 Å². The molecule has 18 nitrogen and oxygen atoms in total. The first kappa shape index (κ1) is 49.1. The molecule has 0 spiro atoms. The molecule has 8 N–H and O–H groups in total. The minimum atomic E-state index is -4.68. The molecule has 0 aromatic heterocycles. The SMILES string of the molecule is CCCN(CC(=O)N[C@@H](CC(C)C)C(=O)NCC(=O)N[C@@H](CO)C(=O)N[C@H](C(N)=O)[C@@H](C)OP(=O)(O)OCCCCc1ccccc1)C(=O)CCOC(C)C. The van der Waals surface area contributed by atoms with Gasteiger partial charge in [-0.15, -0.1) is 0 Å². The van der Waals surface area contributed by atoms with Gasteiger partial charge in [-0.05, 0) is 64.4 Å². The quantitative estimate of drug-likeness (QED) is 0.0456. The molecule has 6 amide bonds. The number of hydrogen-bond acceptors (Lipinski definition) is 11. The number of nitrogens with one attached hydrogen (secondary N) is 4. The van der Waals surface area contributed by atoms with Gasteiger partial charge in [-0.3, -0.25) is 37.8 Å². The molecule has 1 aromatic carbocycles. The number of primary amides is 1. The third-order valence-corrected chi connectivity index (χ3v) is 9.00. The second-order valence-electron chi connectivity index (χ2n) is 13.7. The second kappa shape index (κ2) is 26.0. The number of phosphoric acid groups is 1. The highest BCUT2D eigenvalue weighted by molar-refractivity contribution is 7.47. The van der Waals surface area contributed by atoms with Gasteiger partial charge in [-0.1, -0.05) is 51.1 Å². The minimum Gasteiger partial charge on any atom is -0.394 e. The fraction of sp³-hybridized carbons (Fsp3) is 0.667. The van der Waals surface area contributed by atoms with Gasteiger partial charge in [0.1, 0.15) is 18.1 Å². The number of phosphoric ester groups is 1. The lowest BCUT2D eigenvalue weighted by atomic mass is 10.0. The summed E-state index contributed by atoms with van der Waals surface area (Å²) in [5.74, 6) is -4.71. The third kappa shape index (κ3) is 21.1. The Bertz CT molecular complexity index is 1420. The van der Waals surface area contributed by atoms with E-state index >= 15 is 0 Å². The summed E-state index contributed by atoms with van der Waals surface area (Å²) in [5.41, 5.74) is 6.51. The van der Waals surface area contributed by atoms with Crippen molar-refractivity contribution in [2.45, 2.75) is 110 Å². The zero-order valence-corrected chi connectivity index (χ0v) is 33.7. The zero-order valence-electron chi connectivity index (χ0n) is 32.8. The summed E-state index contributed by atoms with van der Waals surface area (Å²) in [4.78, 5) is 88.1. The van der Waals surface area contributed by atoms with E-state index < -0.39 is 74.7 Å². The fourth-order valence-corrected chi connectivity index (χ4v) is 6.14. The summed E-state index contributed by atoms with van der Waals surface area (Å²) in [6.45, 7) is 8.97. The van der Waals surface area contributed by atoms with E-state index in [2.05, 4.69) is 21.3 Å². The van der Waals surface area contributed by atoms with Crippen molar-refractivity contribution in [3.63, 3.8) is 0 Å². The fourth-order valence-electron chi connectivity index (χ4n) is 5.18. The normalized spacial score (nSPS) is 14.6. The Morgan fingerprint density at radius 2 is 1.55 bits per heavy atom. The van der Waals surface area contributed by atoms with Gasteiger partial charge in [-0.25, -0.2) is 4.57 Å². The summed E-state index contributed by atoms with van der Waals surface area (Å²) in [6.07, 6.45) is 1.23. The van der Waals surface area contributed by atoms with Gasteiger partial charge in [0.15, 0.2) is 0 Å². The average molecular weight is 801 g/mol. The number of rotatable bonds is 28. The van der Waals surface area contributed by atoms with Crippen LogP contribution in [-0.4, -0.2) is 120 Å². The van der Waals surface area contributed by atoms with Gasteiger partial charge in [0.2, 0.25) is 35.4 Å². The van der Waals surface area contributed by atoms with E-state index in [1.807, 2.05) is 65.0 Å². The van der Waals surface area contributed by atoms with E-state index in [9.17, 15) is 43.3 Å². The number of carbonyl (C=O) groups is 6. The summed E-state index contributed by atoms with van der Waals surface area (Å²) >= 11 is 0. The minimum absolute atomic E-state index is 0.0466. The van der Waals surface area contributed by atoms with E-state index in [1.165, 1.54) is 11.8 Å². The van der Waals surface area contributed by atoms with Crippen LogP contribution in [0.3, 0.4) is 0 Å². The molecular weight excluding hydrogens is 739 g/mol. The van der Waals surface area contributed by atoms with E-state index in [1.54, 1.807) is 0 Å². The lowest BCUT2D eigenvalue weighted by molar-refractivity contribution is -0.138. The number of amides is 6. The number of benzene rings is 1. The van der Waals surface area contributed by atoms with Crippen molar-refractivity contribution in [3.8, 4) is 0 Å². The van der Waals surface area contributed by atoms with Crippen LogP contribution in [0.4, 0.5) is 0 Å². The van der Waals surface area contributed by atoms with Crippen LogP contribution in [0, 0.1) is 5.92 Å². The average Bonchev–Trinajstić information content (AvgIpc) is 3.10. The Balaban J connectivity index is 2.72. The van der Waals surface area contributed by atoms with Crippen molar-refractivity contribution < 1.29 is 57.1 Å². The van der Waals surface area contributed by atoms with Gasteiger partial charge < -0.3 is 46.6 Å². The van der Waals surface area contributed by atoms with Crippen molar-refractivity contribution in [2.24, 2.45) is 11.7 Å². The van der Waals surface area contributed by atoms with Crippen LogP contribution in [0.2, 0.25) is 0 Å². The summed E-state index contributed by atoms with van der Waals surface area (Å²) in [6, 6.07) is 5.28. The van der Waals surface area contributed by atoms with Crippen molar-refractivity contribution in [2.75, 3.05) is 39.5 Å². The summed E-state index contributed by atoms with van der Waals surface area (Å²) in [7, 11) is -4.68. The number of aliphatic hydroxyl groups excluding tert-OH is 1. The number of unbranched alkanes of at least 4 members (excludes halogenated alkanes) is 1.